The van der Waals surface area contributed by atoms with Crippen LogP contribution in [-0.4, -0.2) is 17.3 Å². The van der Waals surface area contributed by atoms with Gasteiger partial charge in [-0.25, -0.2) is 4.39 Å². The molecule has 0 unspecified atom stereocenters. The van der Waals surface area contributed by atoms with Gasteiger partial charge in [-0.2, -0.15) is 0 Å². The van der Waals surface area contributed by atoms with Crippen LogP contribution in [0.15, 0.2) is 4.47 Å². The second kappa shape index (κ2) is 3.59. The fraction of sp³-hybridized carbons (Fsp3) is 0.143. The molecule has 6 heteroatoms. The fourth-order valence-electron chi connectivity index (χ4n) is 0.802. The smallest absolute Gasteiger partial charge is 0.204 e. The first-order valence-corrected chi connectivity index (χ1v) is 4.30. The number of hydrogen-bond donors (Lipinski definition) is 2. The number of halogens is 3. The standard InChI is InChI=1S/C7H5BrClFO3/c1-13-7-4(10)3(9)2(8)5(11)6(7)12/h11-12H,1H3. The van der Waals surface area contributed by atoms with Crippen LogP contribution in [0.5, 0.6) is 17.2 Å². The predicted octanol–water partition coefficient (Wildman–Crippen LogP) is 2.66. The van der Waals surface area contributed by atoms with Crippen LogP contribution >= 0.6 is 27.5 Å². The number of hydrogen-bond acceptors (Lipinski definition) is 3. The van der Waals surface area contributed by atoms with Crippen molar-refractivity contribution < 1.29 is 19.3 Å². The van der Waals surface area contributed by atoms with Gasteiger partial charge in [-0.05, 0) is 15.9 Å². The number of ether oxygens (including phenoxy) is 1. The third-order valence-corrected chi connectivity index (χ3v) is 2.79. The molecule has 0 atom stereocenters. The summed E-state index contributed by atoms with van der Waals surface area (Å²) in [4.78, 5) is 0. The van der Waals surface area contributed by atoms with Crippen LogP contribution in [0.4, 0.5) is 4.39 Å². The Hall–Kier alpha value is -0.680. The first-order chi connectivity index (χ1) is 6.00. The Morgan fingerprint density at radius 3 is 2.38 bits per heavy atom. The van der Waals surface area contributed by atoms with Gasteiger partial charge in [0.2, 0.25) is 11.5 Å². The maximum absolute atomic E-state index is 13.1. The average molecular weight is 271 g/mol. The van der Waals surface area contributed by atoms with Crippen molar-refractivity contribution in [1.29, 1.82) is 0 Å². The lowest BCUT2D eigenvalue weighted by atomic mass is 10.3. The molecule has 0 bridgehead atoms. The fourth-order valence-corrected chi connectivity index (χ4v) is 1.34. The summed E-state index contributed by atoms with van der Waals surface area (Å²) in [7, 11) is 1.15. The van der Waals surface area contributed by atoms with Crippen molar-refractivity contribution >= 4 is 27.5 Å². The lowest BCUT2D eigenvalue weighted by Gasteiger charge is -2.09. The van der Waals surface area contributed by atoms with Crippen molar-refractivity contribution in [3.05, 3.63) is 15.3 Å². The second-order valence-corrected chi connectivity index (χ2v) is 3.34. The molecule has 0 fully saturated rings. The highest BCUT2D eigenvalue weighted by molar-refractivity contribution is 9.10. The van der Waals surface area contributed by atoms with Crippen LogP contribution in [0.2, 0.25) is 5.02 Å². The zero-order valence-electron chi connectivity index (χ0n) is 6.44. The van der Waals surface area contributed by atoms with Crippen molar-refractivity contribution in [2.24, 2.45) is 0 Å². The van der Waals surface area contributed by atoms with Crippen LogP contribution < -0.4 is 4.74 Å². The molecule has 0 aliphatic heterocycles. The van der Waals surface area contributed by atoms with E-state index in [1.807, 2.05) is 0 Å². The minimum atomic E-state index is -0.925. The molecular weight excluding hydrogens is 266 g/mol. The molecule has 0 aliphatic carbocycles. The van der Waals surface area contributed by atoms with Gasteiger partial charge in [0.15, 0.2) is 11.6 Å². The minimum absolute atomic E-state index is 0.107. The molecule has 2 N–H and O–H groups in total. The van der Waals surface area contributed by atoms with Crippen molar-refractivity contribution in [2.45, 2.75) is 0 Å². The van der Waals surface area contributed by atoms with E-state index in [4.69, 9.17) is 11.6 Å². The van der Waals surface area contributed by atoms with E-state index in [9.17, 15) is 14.6 Å². The van der Waals surface area contributed by atoms with E-state index in [0.717, 1.165) is 7.11 Å². The highest BCUT2D eigenvalue weighted by Gasteiger charge is 2.22. The van der Waals surface area contributed by atoms with Gasteiger partial charge in [0.05, 0.1) is 16.6 Å². The van der Waals surface area contributed by atoms with E-state index in [-0.39, 0.29) is 9.50 Å². The zero-order valence-corrected chi connectivity index (χ0v) is 8.78. The molecule has 0 saturated carbocycles. The molecule has 0 radical (unpaired) electrons. The van der Waals surface area contributed by atoms with Crippen molar-refractivity contribution in [1.82, 2.24) is 0 Å². The van der Waals surface area contributed by atoms with Crippen LogP contribution in [0, 0.1) is 5.82 Å². The quantitative estimate of drug-likeness (QED) is 0.610. The third-order valence-electron chi connectivity index (χ3n) is 1.44. The third kappa shape index (κ3) is 1.53. The lowest BCUT2D eigenvalue weighted by molar-refractivity contribution is 0.332. The summed E-state index contributed by atoms with van der Waals surface area (Å²) in [5.41, 5.74) is 0. The van der Waals surface area contributed by atoms with E-state index in [1.54, 1.807) is 0 Å². The SMILES string of the molecule is COc1c(O)c(O)c(Br)c(Cl)c1F. The molecule has 0 aromatic heterocycles. The molecule has 0 heterocycles. The summed E-state index contributed by atoms with van der Waals surface area (Å²) in [6.07, 6.45) is 0. The van der Waals surface area contributed by atoms with Gasteiger partial charge in [-0.15, -0.1) is 0 Å². The molecule has 13 heavy (non-hydrogen) atoms. The van der Waals surface area contributed by atoms with Gasteiger partial charge in [0, 0.05) is 0 Å². The Labute approximate surface area is 86.8 Å². The topological polar surface area (TPSA) is 49.7 Å². The Balaban J connectivity index is 3.56. The van der Waals surface area contributed by atoms with Crippen molar-refractivity contribution in [3.63, 3.8) is 0 Å². The van der Waals surface area contributed by atoms with Crippen LogP contribution in [0.25, 0.3) is 0 Å². The maximum atomic E-state index is 13.1. The molecule has 0 aliphatic rings. The van der Waals surface area contributed by atoms with E-state index < -0.39 is 23.1 Å². The molecule has 0 spiro atoms. The average Bonchev–Trinajstić information content (AvgIpc) is 2.13. The molecule has 72 valence electrons. The molecule has 0 amide bonds. The number of benzene rings is 1. The maximum Gasteiger partial charge on any atom is 0.204 e. The number of methoxy groups -OCH3 is 1. The lowest BCUT2D eigenvalue weighted by Crippen LogP contribution is -1.91. The first-order valence-electron chi connectivity index (χ1n) is 3.13. The zero-order chi connectivity index (χ0) is 10.2. The van der Waals surface area contributed by atoms with Crippen LogP contribution in [0.3, 0.4) is 0 Å². The highest BCUT2D eigenvalue weighted by atomic mass is 79.9. The minimum Gasteiger partial charge on any atom is -0.503 e. The number of phenolic OH excluding ortho intramolecular Hbond substituents is 2. The summed E-state index contributed by atoms with van der Waals surface area (Å²) in [6.45, 7) is 0. The van der Waals surface area contributed by atoms with Crippen molar-refractivity contribution in [2.75, 3.05) is 7.11 Å². The van der Waals surface area contributed by atoms with Crippen molar-refractivity contribution in [3.8, 4) is 17.2 Å². The van der Waals surface area contributed by atoms with E-state index >= 15 is 0 Å². The molecule has 1 rings (SSSR count). The number of rotatable bonds is 1. The second-order valence-electron chi connectivity index (χ2n) is 2.17. The Kier molecular flexibility index (Phi) is 2.87. The number of aromatic hydroxyl groups is 2. The van der Waals surface area contributed by atoms with E-state index in [1.165, 1.54) is 0 Å². The molecule has 0 saturated heterocycles. The molecule has 1 aromatic rings. The highest BCUT2D eigenvalue weighted by Crippen LogP contribution is 2.47. The molecule has 3 nitrogen and oxygen atoms in total. The van der Waals surface area contributed by atoms with Gasteiger partial charge in [-0.3, -0.25) is 0 Å². The van der Waals surface area contributed by atoms with Gasteiger partial charge in [-0.1, -0.05) is 11.6 Å². The predicted molar refractivity (Wildman–Crippen MR) is 49.0 cm³/mol. The summed E-state index contributed by atoms with van der Waals surface area (Å²) in [5, 5.41) is 18.0. The summed E-state index contributed by atoms with van der Waals surface area (Å²) in [6, 6.07) is 0. The normalized spacial score (nSPS) is 10.2. The summed E-state index contributed by atoms with van der Waals surface area (Å²) in [5.74, 6) is -2.64. The van der Waals surface area contributed by atoms with E-state index in [2.05, 4.69) is 20.7 Å². The summed E-state index contributed by atoms with van der Waals surface area (Å²) < 4.78 is 17.5. The van der Waals surface area contributed by atoms with E-state index in [0.29, 0.717) is 0 Å². The van der Waals surface area contributed by atoms with Gasteiger partial charge >= 0.3 is 0 Å². The molecule has 1 aromatic carbocycles. The Morgan fingerprint density at radius 2 is 1.92 bits per heavy atom. The Morgan fingerprint density at radius 1 is 1.38 bits per heavy atom. The monoisotopic (exact) mass is 270 g/mol. The van der Waals surface area contributed by atoms with Gasteiger partial charge in [0.1, 0.15) is 0 Å². The van der Waals surface area contributed by atoms with Crippen LogP contribution in [0.1, 0.15) is 0 Å². The van der Waals surface area contributed by atoms with Gasteiger partial charge in [0.25, 0.3) is 0 Å². The van der Waals surface area contributed by atoms with Crippen LogP contribution in [-0.2, 0) is 0 Å². The van der Waals surface area contributed by atoms with Gasteiger partial charge < -0.3 is 14.9 Å². The number of phenols is 2. The summed E-state index contributed by atoms with van der Waals surface area (Å²) >= 11 is 8.27. The Bertz CT molecular complexity index is 327. The largest absolute Gasteiger partial charge is 0.503 e. The first kappa shape index (κ1) is 10.4. The molecular formula is C7H5BrClFO3.